The Hall–Kier alpha value is -0.550. The lowest BCUT2D eigenvalue weighted by atomic mass is 10.0. The molecule has 0 aromatic carbocycles. The third-order valence-electron chi connectivity index (χ3n) is 3.17. The van der Waals surface area contributed by atoms with Crippen LogP contribution in [0.4, 0.5) is 0 Å². The van der Waals surface area contributed by atoms with E-state index in [0.29, 0.717) is 11.8 Å². The topological polar surface area (TPSA) is 50.7 Å². The summed E-state index contributed by atoms with van der Waals surface area (Å²) in [5.74, 6) is 1.08. The molecule has 1 amide bonds. The highest BCUT2D eigenvalue weighted by molar-refractivity contribution is 8.15. The van der Waals surface area contributed by atoms with Crippen molar-refractivity contribution in [3.05, 3.63) is 0 Å². The molecule has 0 aliphatic carbocycles. The maximum Gasteiger partial charge on any atom is 0.239 e. The highest BCUT2D eigenvalue weighted by Gasteiger charge is 2.32. The van der Waals surface area contributed by atoms with Gasteiger partial charge < -0.3 is 10.1 Å². The van der Waals surface area contributed by atoms with Crippen molar-refractivity contribution in [1.29, 1.82) is 0 Å². The van der Waals surface area contributed by atoms with Crippen molar-refractivity contribution in [3.8, 4) is 0 Å². The molecular weight excluding hydrogens is 236 g/mol. The number of carbonyl (C=O) groups is 1. The lowest BCUT2D eigenvalue weighted by Gasteiger charge is -2.20. The number of rotatable bonds is 3. The summed E-state index contributed by atoms with van der Waals surface area (Å²) in [6, 6.07) is 0. The molecule has 2 rings (SSSR count). The minimum absolute atomic E-state index is 0.0310. The molecule has 0 bridgehead atoms. The van der Waals surface area contributed by atoms with Gasteiger partial charge in [-0.15, -0.1) is 0 Å². The second-order valence-electron chi connectivity index (χ2n) is 4.97. The van der Waals surface area contributed by atoms with Crippen LogP contribution < -0.4 is 5.32 Å². The molecule has 4 nitrogen and oxygen atoms in total. The Balaban J connectivity index is 1.84. The molecule has 96 valence electrons. The number of aliphatic imine (C=N–C) groups is 1. The van der Waals surface area contributed by atoms with Gasteiger partial charge in [0.05, 0.1) is 5.25 Å². The van der Waals surface area contributed by atoms with Crippen molar-refractivity contribution in [3.63, 3.8) is 0 Å². The quantitative estimate of drug-likeness (QED) is 0.835. The van der Waals surface area contributed by atoms with Crippen LogP contribution in [0, 0.1) is 11.8 Å². The van der Waals surface area contributed by atoms with Crippen molar-refractivity contribution in [2.45, 2.75) is 31.9 Å². The normalized spacial score (nSPS) is 29.0. The summed E-state index contributed by atoms with van der Waals surface area (Å²) < 4.78 is 5.31. The molecule has 0 saturated carbocycles. The molecule has 2 aliphatic heterocycles. The number of thioether (sulfide) groups is 1. The van der Waals surface area contributed by atoms with E-state index >= 15 is 0 Å². The summed E-state index contributed by atoms with van der Waals surface area (Å²) in [5, 5.41) is 3.70. The van der Waals surface area contributed by atoms with Gasteiger partial charge in [0.2, 0.25) is 5.91 Å². The van der Waals surface area contributed by atoms with Gasteiger partial charge in [-0.05, 0) is 24.7 Å². The summed E-state index contributed by atoms with van der Waals surface area (Å²) in [6.45, 7) is 6.65. The van der Waals surface area contributed by atoms with E-state index in [9.17, 15) is 4.79 Å². The second-order valence-corrected chi connectivity index (χ2v) is 6.10. The number of amidine groups is 1. The zero-order chi connectivity index (χ0) is 12.3. The van der Waals surface area contributed by atoms with E-state index in [1.54, 1.807) is 11.8 Å². The molecule has 2 heterocycles. The molecule has 1 atom stereocenters. The number of nitrogens with zero attached hydrogens (tertiary/aromatic N) is 1. The lowest BCUT2D eigenvalue weighted by Crippen LogP contribution is -2.28. The van der Waals surface area contributed by atoms with Crippen LogP contribution >= 0.6 is 11.8 Å². The summed E-state index contributed by atoms with van der Waals surface area (Å²) >= 11 is 1.57. The van der Waals surface area contributed by atoms with Gasteiger partial charge in [0.15, 0.2) is 5.17 Å². The molecule has 0 spiro atoms. The fraction of sp³-hybridized carbons (Fsp3) is 0.833. The Labute approximate surface area is 107 Å². The van der Waals surface area contributed by atoms with E-state index in [1.165, 1.54) is 0 Å². The van der Waals surface area contributed by atoms with E-state index in [0.717, 1.165) is 37.8 Å². The Bertz CT molecular complexity index is 312. The molecule has 1 N–H and O–H groups in total. The van der Waals surface area contributed by atoms with E-state index in [4.69, 9.17) is 4.74 Å². The number of hydrogen-bond acceptors (Lipinski definition) is 4. The molecule has 2 fully saturated rings. The molecule has 0 aromatic rings. The smallest absolute Gasteiger partial charge is 0.239 e. The van der Waals surface area contributed by atoms with Gasteiger partial charge in [0.1, 0.15) is 0 Å². The average molecular weight is 256 g/mol. The SMILES string of the molecule is CC(C)[C@H]1SC(=NCC2CCOCC2)NC1=O. The van der Waals surface area contributed by atoms with E-state index in [-0.39, 0.29) is 11.2 Å². The predicted octanol–water partition coefficient (Wildman–Crippen LogP) is 1.66. The Kier molecular flexibility index (Phi) is 4.45. The molecule has 2 aliphatic rings. The minimum atomic E-state index is 0.0310. The van der Waals surface area contributed by atoms with Gasteiger partial charge in [0, 0.05) is 19.8 Å². The molecular formula is C12H20N2O2S. The molecule has 0 unspecified atom stereocenters. The molecule has 0 radical (unpaired) electrons. The van der Waals surface area contributed by atoms with Gasteiger partial charge in [-0.3, -0.25) is 9.79 Å². The molecule has 5 heteroatoms. The third kappa shape index (κ3) is 3.45. The Morgan fingerprint density at radius 1 is 1.47 bits per heavy atom. The first-order valence-electron chi connectivity index (χ1n) is 6.26. The number of amides is 1. The summed E-state index contributed by atoms with van der Waals surface area (Å²) in [6.07, 6.45) is 2.17. The predicted molar refractivity (Wildman–Crippen MR) is 70.2 cm³/mol. The zero-order valence-corrected chi connectivity index (χ0v) is 11.3. The van der Waals surface area contributed by atoms with E-state index in [2.05, 4.69) is 24.2 Å². The van der Waals surface area contributed by atoms with Gasteiger partial charge in [-0.25, -0.2) is 0 Å². The van der Waals surface area contributed by atoms with E-state index in [1.807, 2.05) is 0 Å². The van der Waals surface area contributed by atoms with Crippen LogP contribution in [-0.4, -0.2) is 36.1 Å². The van der Waals surface area contributed by atoms with Crippen molar-refractivity contribution in [1.82, 2.24) is 5.32 Å². The van der Waals surface area contributed by atoms with Gasteiger partial charge >= 0.3 is 0 Å². The molecule has 2 saturated heterocycles. The first-order valence-corrected chi connectivity index (χ1v) is 7.14. The van der Waals surface area contributed by atoms with Gasteiger partial charge in [-0.1, -0.05) is 25.6 Å². The Morgan fingerprint density at radius 2 is 2.18 bits per heavy atom. The van der Waals surface area contributed by atoms with Crippen LogP contribution in [0.15, 0.2) is 4.99 Å². The summed E-state index contributed by atoms with van der Waals surface area (Å²) in [5.41, 5.74) is 0. The maximum absolute atomic E-state index is 11.6. The van der Waals surface area contributed by atoms with E-state index < -0.39 is 0 Å². The number of ether oxygens (including phenoxy) is 1. The van der Waals surface area contributed by atoms with Crippen LogP contribution in [0.3, 0.4) is 0 Å². The zero-order valence-electron chi connectivity index (χ0n) is 10.4. The largest absolute Gasteiger partial charge is 0.381 e. The molecule has 17 heavy (non-hydrogen) atoms. The fourth-order valence-corrected chi connectivity index (χ4v) is 3.02. The van der Waals surface area contributed by atoms with Crippen LogP contribution in [0.25, 0.3) is 0 Å². The lowest BCUT2D eigenvalue weighted by molar-refractivity contribution is -0.119. The first-order chi connectivity index (χ1) is 8.16. The van der Waals surface area contributed by atoms with Gasteiger partial charge in [-0.2, -0.15) is 0 Å². The van der Waals surface area contributed by atoms with Crippen LogP contribution in [0.2, 0.25) is 0 Å². The number of nitrogens with one attached hydrogen (secondary N) is 1. The fourth-order valence-electron chi connectivity index (χ4n) is 2.04. The van der Waals surface area contributed by atoms with Crippen molar-refractivity contribution in [2.75, 3.05) is 19.8 Å². The number of carbonyl (C=O) groups excluding carboxylic acids is 1. The first kappa shape index (κ1) is 12.9. The standard InChI is InChI=1S/C12H20N2O2S/c1-8(2)10-11(15)14-12(17-10)13-7-9-3-5-16-6-4-9/h8-10H,3-7H2,1-2H3,(H,13,14,15)/t10-/m1/s1. The van der Waals surface area contributed by atoms with Crippen LogP contribution in [0.5, 0.6) is 0 Å². The van der Waals surface area contributed by atoms with Gasteiger partial charge in [0.25, 0.3) is 0 Å². The van der Waals surface area contributed by atoms with Crippen molar-refractivity contribution < 1.29 is 9.53 Å². The second kappa shape index (κ2) is 5.87. The highest BCUT2D eigenvalue weighted by atomic mass is 32.2. The average Bonchev–Trinajstić information content (AvgIpc) is 2.69. The van der Waals surface area contributed by atoms with Crippen molar-refractivity contribution >= 4 is 22.8 Å². The number of hydrogen-bond donors (Lipinski definition) is 1. The maximum atomic E-state index is 11.6. The van der Waals surface area contributed by atoms with Crippen LogP contribution in [-0.2, 0) is 9.53 Å². The minimum Gasteiger partial charge on any atom is -0.381 e. The van der Waals surface area contributed by atoms with Crippen LogP contribution in [0.1, 0.15) is 26.7 Å². The monoisotopic (exact) mass is 256 g/mol. The summed E-state index contributed by atoms with van der Waals surface area (Å²) in [4.78, 5) is 16.2. The molecule has 0 aromatic heterocycles. The Morgan fingerprint density at radius 3 is 2.76 bits per heavy atom. The third-order valence-corrected chi connectivity index (χ3v) is 4.63. The summed E-state index contributed by atoms with van der Waals surface area (Å²) in [7, 11) is 0. The highest BCUT2D eigenvalue weighted by Crippen LogP contribution is 2.26. The van der Waals surface area contributed by atoms with Crippen molar-refractivity contribution in [2.24, 2.45) is 16.8 Å².